The topological polar surface area (TPSA) is 87.3 Å². The van der Waals surface area contributed by atoms with Crippen LogP contribution in [0.3, 0.4) is 0 Å². The summed E-state index contributed by atoms with van der Waals surface area (Å²) in [6.07, 6.45) is 0.279. The van der Waals surface area contributed by atoms with Gasteiger partial charge in [-0.15, -0.1) is 0 Å². The number of anilines is 1. The van der Waals surface area contributed by atoms with Crippen molar-refractivity contribution >= 4 is 17.6 Å². The summed E-state index contributed by atoms with van der Waals surface area (Å²) in [5.41, 5.74) is 2.31. The van der Waals surface area contributed by atoms with Crippen LogP contribution in [-0.2, 0) is 14.3 Å². The summed E-state index contributed by atoms with van der Waals surface area (Å²) in [5.74, 6) is -0.394. The predicted octanol–water partition coefficient (Wildman–Crippen LogP) is 0.850. The van der Waals surface area contributed by atoms with Gasteiger partial charge in [-0.1, -0.05) is 6.92 Å². The van der Waals surface area contributed by atoms with Crippen LogP contribution in [-0.4, -0.2) is 53.7 Å². The van der Waals surface area contributed by atoms with Crippen molar-refractivity contribution in [3.63, 3.8) is 0 Å². The van der Waals surface area contributed by atoms with Crippen LogP contribution < -0.4 is 5.32 Å². The number of aromatic amines is 1. The lowest BCUT2D eigenvalue weighted by atomic mass is 10.3. The highest BCUT2D eigenvalue weighted by Crippen LogP contribution is 2.15. The SMILES string of the molecule is CCN(CCC(=O)OC)CC(=O)Nc1c(C)n[nH]c1C. The Bertz CT molecular complexity index is 451. The lowest BCUT2D eigenvalue weighted by molar-refractivity contribution is -0.141. The van der Waals surface area contributed by atoms with Crippen molar-refractivity contribution in [3.8, 4) is 0 Å². The van der Waals surface area contributed by atoms with Gasteiger partial charge in [-0.05, 0) is 20.4 Å². The summed E-state index contributed by atoms with van der Waals surface area (Å²) in [6, 6.07) is 0. The first-order chi connectivity index (χ1) is 9.47. The molecule has 0 saturated heterocycles. The van der Waals surface area contributed by atoms with E-state index in [0.717, 1.165) is 17.1 Å². The van der Waals surface area contributed by atoms with Crippen molar-refractivity contribution in [1.29, 1.82) is 0 Å². The van der Waals surface area contributed by atoms with Crippen LogP contribution in [0.4, 0.5) is 5.69 Å². The van der Waals surface area contributed by atoms with Crippen molar-refractivity contribution < 1.29 is 14.3 Å². The summed E-state index contributed by atoms with van der Waals surface area (Å²) in [6.45, 7) is 7.04. The summed E-state index contributed by atoms with van der Waals surface area (Å²) >= 11 is 0. The van der Waals surface area contributed by atoms with Gasteiger partial charge < -0.3 is 10.1 Å². The number of esters is 1. The van der Waals surface area contributed by atoms with Crippen LogP contribution in [0.5, 0.6) is 0 Å². The Labute approximate surface area is 118 Å². The fourth-order valence-electron chi connectivity index (χ4n) is 1.82. The fraction of sp³-hybridized carbons (Fsp3) is 0.615. The zero-order chi connectivity index (χ0) is 15.1. The van der Waals surface area contributed by atoms with Crippen LogP contribution in [0.1, 0.15) is 24.7 Å². The summed E-state index contributed by atoms with van der Waals surface area (Å²) in [4.78, 5) is 25.0. The van der Waals surface area contributed by atoms with Gasteiger partial charge >= 0.3 is 5.97 Å². The molecule has 0 spiro atoms. The number of rotatable bonds is 7. The smallest absolute Gasteiger partial charge is 0.306 e. The number of hydrogen-bond acceptors (Lipinski definition) is 5. The van der Waals surface area contributed by atoms with E-state index in [0.29, 0.717) is 13.1 Å². The van der Waals surface area contributed by atoms with Crippen molar-refractivity contribution in [1.82, 2.24) is 15.1 Å². The molecule has 1 aromatic rings. The molecule has 1 rings (SSSR count). The van der Waals surface area contributed by atoms with E-state index in [2.05, 4.69) is 20.3 Å². The molecule has 0 bridgehead atoms. The van der Waals surface area contributed by atoms with Crippen molar-refractivity contribution in [2.24, 2.45) is 0 Å². The second-order valence-electron chi connectivity index (χ2n) is 4.55. The Morgan fingerprint density at radius 1 is 1.40 bits per heavy atom. The number of nitrogens with zero attached hydrogens (tertiary/aromatic N) is 2. The summed E-state index contributed by atoms with van der Waals surface area (Å²) in [5, 5.41) is 9.68. The molecule has 0 atom stereocenters. The fourth-order valence-corrected chi connectivity index (χ4v) is 1.82. The molecule has 0 aliphatic rings. The van der Waals surface area contributed by atoms with Gasteiger partial charge in [-0.2, -0.15) is 5.10 Å². The highest BCUT2D eigenvalue weighted by molar-refractivity contribution is 5.93. The molecule has 112 valence electrons. The minimum Gasteiger partial charge on any atom is -0.469 e. The summed E-state index contributed by atoms with van der Waals surface area (Å²) < 4.78 is 4.59. The van der Waals surface area contributed by atoms with Gasteiger partial charge in [0.2, 0.25) is 5.91 Å². The number of ether oxygens (including phenoxy) is 1. The number of carbonyl (C=O) groups is 2. The zero-order valence-corrected chi connectivity index (χ0v) is 12.4. The van der Waals surface area contributed by atoms with Crippen LogP contribution in [0, 0.1) is 13.8 Å². The average Bonchev–Trinajstić information content (AvgIpc) is 2.74. The molecule has 0 aliphatic heterocycles. The molecular weight excluding hydrogens is 260 g/mol. The van der Waals surface area contributed by atoms with Gasteiger partial charge in [0.25, 0.3) is 0 Å². The number of likely N-dealkylation sites (N-methyl/N-ethyl adjacent to an activating group) is 1. The first-order valence-corrected chi connectivity index (χ1v) is 6.58. The molecule has 1 amide bonds. The van der Waals surface area contributed by atoms with E-state index in [-0.39, 0.29) is 24.8 Å². The number of nitrogens with one attached hydrogen (secondary N) is 2. The number of aryl methyl sites for hydroxylation is 2. The average molecular weight is 282 g/mol. The number of hydrogen-bond donors (Lipinski definition) is 2. The third kappa shape index (κ3) is 4.65. The minimum atomic E-state index is -0.273. The highest BCUT2D eigenvalue weighted by Gasteiger charge is 2.14. The van der Waals surface area contributed by atoms with E-state index in [9.17, 15) is 9.59 Å². The predicted molar refractivity (Wildman–Crippen MR) is 75.4 cm³/mol. The largest absolute Gasteiger partial charge is 0.469 e. The van der Waals surface area contributed by atoms with E-state index in [4.69, 9.17) is 0 Å². The second kappa shape index (κ2) is 7.64. The lowest BCUT2D eigenvalue weighted by Crippen LogP contribution is -2.35. The molecule has 0 fully saturated rings. The van der Waals surface area contributed by atoms with Crippen LogP contribution >= 0.6 is 0 Å². The molecule has 0 saturated carbocycles. The zero-order valence-electron chi connectivity index (χ0n) is 12.4. The van der Waals surface area contributed by atoms with Crippen molar-refractivity contribution in [2.45, 2.75) is 27.2 Å². The third-order valence-corrected chi connectivity index (χ3v) is 3.07. The Hall–Kier alpha value is -1.89. The lowest BCUT2D eigenvalue weighted by Gasteiger charge is -2.19. The quantitative estimate of drug-likeness (QED) is 0.724. The molecule has 7 heteroatoms. The van der Waals surface area contributed by atoms with Gasteiger partial charge in [-0.3, -0.25) is 19.6 Å². The monoisotopic (exact) mass is 282 g/mol. The molecule has 0 aromatic carbocycles. The second-order valence-corrected chi connectivity index (χ2v) is 4.55. The number of H-pyrrole nitrogens is 1. The van der Waals surface area contributed by atoms with E-state index >= 15 is 0 Å². The molecule has 7 nitrogen and oxygen atoms in total. The standard InChI is InChI=1S/C13H22N4O3/c1-5-17(7-6-12(19)20-4)8-11(18)14-13-9(2)15-16-10(13)3/h5-8H2,1-4H3,(H,14,18)(H,15,16). The van der Waals surface area contributed by atoms with E-state index in [1.54, 1.807) is 0 Å². The normalized spacial score (nSPS) is 10.7. The highest BCUT2D eigenvalue weighted by atomic mass is 16.5. The van der Waals surface area contributed by atoms with E-state index in [1.807, 2.05) is 25.7 Å². The van der Waals surface area contributed by atoms with Gasteiger partial charge in [-0.25, -0.2) is 0 Å². The molecule has 1 heterocycles. The first kappa shape index (κ1) is 16.2. The van der Waals surface area contributed by atoms with Crippen molar-refractivity contribution in [2.75, 3.05) is 32.1 Å². The summed E-state index contributed by atoms with van der Waals surface area (Å²) in [7, 11) is 1.36. The van der Waals surface area contributed by atoms with Crippen LogP contribution in [0.2, 0.25) is 0 Å². The van der Waals surface area contributed by atoms with Crippen LogP contribution in [0.15, 0.2) is 0 Å². The number of amides is 1. The van der Waals surface area contributed by atoms with Crippen LogP contribution in [0.25, 0.3) is 0 Å². The molecule has 2 N–H and O–H groups in total. The maximum absolute atomic E-state index is 12.0. The Balaban J connectivity index is 2.49. The Kier molecular flexibility index (Phi) is 6.17. The van der Waals surface area contributed by atoms with E-state index < -0.39 is 0 Å². The van der Waals surface area contributed by atoms with Gasteiger partial charge in [0.15, 0.2) is 0 Å². The molecule has 0 aliphatic carbocycles. The molecule has 0 radical (unpaired) electrons. The Morgan fingerprint density at radius 2 is 2.10 bits per heavy atom. The third-order valence-electron chi connectivity index (χ3n) is 3.07. The van der Waals surface area contributed by atoms with Gasteiger partial charge in [0.1, 0.15) is 0 Å². The molecule has 20 heavy (non-hydrogen) atoms. The Morgan fingerprint density at radius 3 is 2.60 bits per heavy atom. The van der Waals surface area contributed by atoms with E-state index in [1.165, 1.54) is 7.11 Å². The maximum atomic E-state index is 12.0. The number of methoxy groups -OCH3 is 1. The molecular formula is C13H22N4O3. The first-order valence-electron chi connectivity index (χ1n) is 6.58. The van der Waals surface area contributed by atoms with Crippen molar-refractivity contribution in [3.05, 3.63) is 11.4 Å². The minimum absolute atomic E-state index is 0.121. The van der Waals surface area contributed by atoms with Gasteiger partial charge in [0.05, 0.1) is 37.2 Å². The maximum Gasteiger partial charge on any atom is 0.306 e. The molecule has 1 aromatic heterocycles. The molecule has 0 unspecified atom stereocenters. The number of carbonyl (C=O) groups excluding carboxylic acids is 2. The van der Waals surface area contributed by atoms with Gasteiger partial charge in [0, 0.05) is 6.54 Å². The number of aromatic nitrogens is 2.